The van der Waals surface area contributed by atoms with Crippen molar-refractivity contribution in [2.24, 2.45) is 11.3 Å². The van der Waals surface area contributed by atoms with Crippen molar-refractivity contribution >= 4 is 11.3 Å². The third-order valence-corrected chi connectivity index (χ3v) is 4.53. The van der Waals surface area contributed by atoms with Crippen molar-refractivity contribution in [3.8, 4) is 0 Å². The lowest BCUT2D eigenvalue weighted by Gasteiger charge is -2.33. The Morgan fingerprint density at radius 3 is 2.65 bits per heavy atom. The molecule has 0 aliphatic rings. The average Bonchev–Trinajstić information content (AvgIpc) is 2.73. The van der Waals surface area contributed by atoms with E-state index < -0.39 is 0 Å². The van der Waals surface area contributed by atoms with Crippen molar-refractivity contribution in [2.75, 3.05) is 26.7 Å². The van der Waals surface area contributed by atoms with E-state index in [1.54, 1.807) is 11.3 Å². The molecule has 1 atom stereocenters. The maximum Gasteiger partial charge on any atom is 0.0897 e. The summed E-state index contributed by atoms with van der Waals surface area (Å²) in [6.45, 7) is 15.5. The van der Waals surface area contributed by atoms with Gasteiger partial charge in [0, 0.05) is 25.0 Å². The zero-order chi connectivity index (χ0) is 15.2. The summed E-state index contributed by atoms with van der Waals surface area (Å²) in [6, 6.07) is 0. The summed E-state index contributed by atoms with van der Waals surface area (Å²) in [7, 11) is 2.20. The molecule has 0 fully saturated rings. The fourth-order valence-electron chi connectivity index (χ4n) is 2.42. The van der Waals surface area contributed by atoms with E-state index in [-0.39, 0.29) is 0 Å². The zero-order valence-electron chi connectivity index (χ0n) is 14.0. The molecule has 0 aliphatic carbocycles. The van der Waals surface area contributed by atoms with Gasteiger partial charge in [0.25, 0.3) is 0 Å². The largest absolute Gasteiger partial charge is 0.316 e. The molecule has 0 aliphatic heterocycles. The number of nitrogens with zero attached hydrogens (tertiary/aromatic N) is 2. The second kappa shape index (κ2) is 8.11. The fourth-order valence-corrected chi connectivity index (χ4v) is 3.02. The summed E-state index contributed by atoms with van der Waals surface area (Å²) >= 11 is 1.74. The molecular weight excluding hydrogens is 266 g/mol. The molecule has 0 aromatic carbocycles. The van der Waals surface area contributed by atoms with Crippen LogP contribution >= 0.6 is 11.3 Å². The van der Waals surface area contributed by atoms with Crippen LogP contribution in [0.15, 0.2) is 5.38 Å². The summed E-state index contributed by atoms with van der Waals surface area (Å²) < 4.78 is 0. The summed E-state index contributed by atoms with van der Waals surface area (Å²) in [6.07, 6.45) is 1.19. The Hall–Kier alpha value is -0.450. The highest BCUT2D eigenvalue weighted by molar-refractivity contribution is 7.09. The molecule has 0 spiro atoms. The number of nitrogens with one attached hydrogen (secondary N) is 1. The third-order valence-electron chi connectivity index (χ3n) is 3.71. The van der Waals surface area contributed by atoms with Crippen molar-refractivity contribution in [3.05, 3.63) is 16.1 Å². The fraction of sp³-hybridized carbons (Fsp3) is 0.812. The van der Waals surface area contributed by atoms with Gasteiger partial charge in [0.1, 0.15) is 0 Å². The van der Waals surface area contributed by atoms with Crippen molar-refractivity contribution in [1.82, 2.24) is 15.2 Å². The van der Waals surface area contributed by atoms with Crippen molar-refractivity contribution in [3.63, 3.8) is 0 Å². The van der Waals surface area contributed by atoms with E-state index in [9.17, 15) is 0 Å². The molecule has 0 saturated heterocycles. The standard InChI is InChI=1S/C16H31N3S/c1-7-16(5,11-17-8-13(2)3)12-19(6)9-15-10-20-14(4)18-15/h10,13,17H,7-9,11-12H2,1-6H3. The van der Waals surface area contributed by atoms with Crippen LogP contribution in [0.25, 0.3) is 0 Å². The SMILES string of the molecule is CCC(C)(CNCC(C)C)CN(C)Cc1csc(C)n1. The minimum atomic E-state index is 0.328. The predicted molar refractivity (Wildman–Crippen MR) is 89.3 cm³/mol. The third kappa shape index (κ3) is 6.33. The molecule has 1 heterocycles. The van der Waals surface area contributed by atoms with Gasteiger partial charge >= 0.3 is 0 Å². The Balaban J connectivity index is 2.44. The van der Waals surface area contributed by atoms with E-state index >= 15 is 0 Å². The van der Waals surface area contributed by atoms with Crippen LogP contribution in [0.1, 0.15) is 44.8 Å². The number of aromatic nitrogens is 1. The van der Waals surface area contributed by atoms with Crippen LogP contribution in [-0.4, -0.2) is 36.6 Å². The van der Waals surface area contributed by atoms with Gasteiger partial charge in [-0.2, -0.15) is 0 Å². The normalized spacial score (nSPS) is 15.0. The van der Waals surface area contributed by atoms with Crippen molar-refractivity contribution < 1.29 is 0 Å². The molecule has 20 heavy (non-hydrogen) atoms. The van der Waals surface area contributed by atoms with Crippen LogP contribution in [0.4, 0.5) is 0 Å². The van der Waals surface area contributed by atoms with Crippen LogP contribution < -0.4 is 5.32 Å². The first kappa shape index (κ1) is 17.6. The van der Waals surface area contributed by atoms with Gasteiger partial charge in [-0.05, 0) is 38.3 Å². The van der Waals surface area contributed by atoms with Gasteiger partial charge < -0.3 is 5.32 Å². The van der Waals surface area contributed by atoms with Crippen molar-refractivity contribution in [1.29, 1.82) is 0 Å². The van der Waals surface area contributed by atoms with Gasteiger partial charge in [-0.1, -0.05) is 27.7 Å². The smallest absolute Gasteiger partial charge is 0.0897 e. The van der Waals surface area contributed by atoms with E-state index in [0.29, 0.717) is 11.3 Å². The first-order valence-electron chi connectivity index (χ1n) is 7.65. The topological polar surface area (TPSA) is 28.2 Å². The zero-order valence-corrected chi connectivity index (χ0v) is 14.8. The van der Waals surface area contributed by atoms with Crippen LogP contribution in [0, 0.1) is 18.3 Å². The Kier molecular flexibility index (Phi) is 7.13. The molecule has 1 rings (SSSR count). The van der Waals surface area contributed by atoms with Gasteiger partial charge in [0.15, 0.2) is 0 Å². The maximum absolute atomic E-state index is 4.55. The Morgan fingerprint density at radius 1 is 1.45 bits per heavy atom. The number of rotatable bonds is 9. The minimum Gasteiger partial charge on any atom is -0.316 e. The molecule has 116 valence electrons. The van der Waals surface area contributed by atoms with Gasteiger partial charge in [0.2, 0.25) is 0 Å². The Labute approximate surface area is 128 Å². The summed E-state index contributed by atoms with van der Waals surface area (Å²) in [5.41, 5.74) is 1.53. The van der Waals surface area contributed by atoms with E-state index in [4.69, 9.17) is 0 Å². The van der Waals surface area contributed by atoms with Gasteiger partial charge in [-0.3, -0.25) is 4.90 Å². The number of aryl methyl sites for hydroxylation is 1. The lowest BCUT2D eigenvalue weighted by molar-refractivity contribution is 0.173. The predicted octanol–water partition coefficient (Wildman–Crippen LogP) is 3.55. The number of hydrogen-bond donors (Lipinski definition) is 1. The molecule has 1 N–H and O–H groups in total. The molecule has 1 unspecified atom stereocenters. The molecule has 0 amide bonds. The Bertz CT molecular complexity index is 389. The molecule has 1 aromatic heterocycles. The summed E-state index contributed by atoms with van der Waals surface area (Å²) in [4.78, 5) is 6.95. The van der Waals surface area contributed by atoms with Crippen LogP contribution in [-0.2, 0) is 6.54 Å². The van der Waals surface area contributed by atoms with Crippen molar-refractivity contribution in [2.45, 2.75) is 47.6 Å². The van der Waals surface area contributed by atoms with Crippen LogP contribution in [0.2, 0.25) is 0 Å². The summed E-state index contributed by atoms with van der Waals surface area (Å²) in [5.74, 6) is 0.715. The maximum atomic E-state index is 4.55. The van der Waals surface area contributed by atoms with Gasteiger partial charge in [-0.25, -0.2) is 4.98 Å². The van der Waals surface area contributed by atoms with E-state index in [1.807, 2.05) is 0 Å². The molecule has 0 bridgehead atoms. The Morgan fingerprint density at radius 2 is 2.15 bits per heavy atom. The van der Waals surface area contributed by atoms with E-state index in [2.05, 4.69) is 62.2 Å². The number of hydrogen-bond acceptors (Lipinski definition) is 4. The van der Waals surface area contributed by atoms with Gasteiger partial charge in [0.05, 0.1) is 10.7 Å². The van der Waals surface area contributed by atoms with E-state index in [1.165, 1.54) is 12.1 Å². The second-order valence-electron chi connectivity index (χ2n) is 6.72. The van der Waals surface area contributed by atoms with Crippen LogP contribution in [0.3, 0.4) is 0 Å². The second-order valence-corrected chi connectivity index (χ2v) is 7.78. The molecular formula is C16H31N3S. The molecule has 3 nitrogen and oxygen atoms in total. The average molecular weight is 298 g/mol. The first-order valence-corrected chi connectivity index (χ1v) is 8.53. The molecule has 0 saturated carbocycles. The molecule has 0 radical (unpaired) electrons. The first-order chi connectivity index (χ1) is 9.34. The van der Waals surface area contributed by atoms with Gasteiger partial charge in [-0.15, -0.1) is 11.3 Å². The van der Waals surface area contributed by atoms with E-state index in [0.717, 1.165) is 31.2 Å². The molecule has 4 heteroatoms. The minimum absolute atomic E-state index is 0.328. The lowest BCUT2D eigenvalue weighted by atomic mass is 9.86. The highest BCUT2D eigenvalue weighted by Gasteiger charge is 2.24. The quantitative estimate of drug-likeness (QED) is 0.755. The monoisotopic (exact) mass is 297 g/mol. The highest BCUT2D eigenvalue weighted by Crippen LogP contribution is 2.22. The highest BCUT2D eigenvalue weighted by atomic mass is 32.1. The number of thiazole rings is 1. The lowest BCUT2D eigenvalue weighted by Crippen LogP contribution is -2.41. The summed E-state index contributed by atoms with van der Waals surface area (Å²) in [5, 5.41) is 6.94. The van der Waals surface area contributed by atoms with Crippen LogP contribution in [0.5, 0.6) is 0 Å². The molecule has 1 aromatic rings.